The van der Waals surface area contributed by atoms with Crippen molar-refractivity contribution in [2.75, 3.05) is 6.54 Å². The lowest BCUT2D eigenvalue weighted by atomic mass is 10.3. The summed E-state index contributed by atoms with van der Waals surface area (Å²) in [6.07, 6.45) is 0.481. The summed E-state index contributed by atoms with van der Waals surface area (Å²) in [5.41, 5.74) is -0.248. The van der Waals surface area contributed by atoms with Gasteiger partial charge in [-0.25, -0.2) is 4.79 Å². The quantitative estimate of drug-likeness (QED) is 0.700. The van der Waals surface area contributed by atoms with Crippen LogP contribution in [0.2, 0.25) is 0 Å². The molecular weight excluding hydrogens is 186 g/mol. The van der Waals surface area contributed by atoms with Crippen LogP contribution in [0.15, 0.2) is 27.6 Å². The fourth-order valence-corrected chi connectivity index (χ4v) is 0.830. The van der Waals surface area contributed by atoms with Crippen molar-refractivity contribution >= 4 is 5.91 Å². The van der Waals surface area contributed by atoms with Crippen LogP contribution in [0.5, 0.6) is 0 Å². The lowest BCUT2D eigenvalue weighted by molar-refractivity contribution is 0.0921. The van der Waals surface area contributed by atoms with Gasteiger partial charge in [-0.2, -0.15) is 0 Å². The molecule has 0 spiro atoms. The Hall–Kier alpha value is -1.62. The average Bonchev–Trinajstić information content (AvgIpc) is 2.15. The highest BCUT2D eigenvalue weighted by Gasteiger charge is 2.06. The van der Waals surface area contributed by atoms with Gasteiger partial charge in [0.05, 0.1) is 11.7 Å². The van der Waals surface area contributed by atoms with Crippen LogP contribution in [0.3, 0.4) is 0 Å². The Morgan fingerprint density at radius 3 is 2.86 bits per heavy atom. The fraction of sp³-hybridized carbons (Fsp3) is 0.333. The summed E-state index contributed by atoms with van der Waals surface area (Å²) in [5, 5.41) is 11.4. The first-order valence-electron chi connectivity index (χ1n) is 4.14. The number of rotatable bonds is 3. The van der Waals surface area contributed by atoms with Crippen molar-refractivity contribution in [2.45, 2.75) is 13.0 Å². The highest BCUT2D eigenvalue weighted by molar-refractivity contribution is 5.93. The third-order valence-corrected chi connectivity index (χ3v) is 1.52. The molecule has 1 atom stereocenters. The molecule has 0 fully saturated rings. The second kappa shape index (κ2) is 4.57. The molecule has 1 rings (SSSR count). The minimum absolute atomic E-state index is 0.165. The van der Waals surface area contributed by atoms with Gasteiger partial charge in [0.2, 0.25) is 0 Å². The van der Waals surface area contributed by atoms with Crippen LogP contribution < -0.4 is 10.9 Å². The number of aliphatic hydroxyl groups is 1. The van der Waals surface area contributed by atoms with E-state index in [1.165, 1.54) is 6.07 Å². The maximum atomic E-state index is 11.3. The molecule has 0 aliphatic carbocycles. The molecule has 0 aliphatic rings. The molecule has 76 valence electrons. The summed E-state index contributed by atoms with van der Waals surface area (Å²) >= 11 is 0. The van der Waals surface area contributed by atoms with E-state index >= 15 is 0 Å². The van der Waals surface area contributed by atoms with E-state index in [-0.39, 0.29) is 18.0 Å². The van der Waals surface area contributed by atoms with Crippen molar-refractivity contribution in [2.24, 2.45) is 0 Å². The van der Waals surface area contributed by atoms with Gasteiger partial charge in [-0.15, -0.1) is 0 Å². The Bertz CT molecular complexity index is 349. The average molecular weight is 197 g/mol. The molecule has 5 nitrogen and oxygen atoms in total. The van der Waals surface area contributed by atoms with E-state index in [1.54, 1.807) is 6.92 Å². The second-order valence-electron chi connectivity index (χ2n) is 2.90. The summed E-state index contributed by atoms with van der Waals surface area (Å²) in [4.78, 5) is 21.8. The van der Waals surface area contributed by atoms with Gasteiger partial charge in [0.25, 0.3) is 5.91 Å². The Kier molecular flexibility index (Phi) is 3.41. The topological polar surface area (TPSA) is 79.5 Å². The zero-order chi connectivity index (χ0) is 10.6. The van der Waals surface area contributed by atoms with Gasteiger partial charge in [0.15, 0.2) is 0 Å². The van der Waals surface area contributed by atoms with Crippen LogP contribution in [0, 0.1) is 0 Å². The molecule has 0 radical (unpaired) electrons. The van der Waals surface area contributed by atoms with Crippen LogP contribution >= 0.6 is 0 Å². The molecule has 1 aromatic heterocycles. The van der Waals surface area contributed by atoms with E-state index in [4.69, 9.17) is 5.11 Å². The third-order valence-electron chi connectivity index (χ3n) is 1.52. The molecule has 2 N–H and O–H groups in total. The molecular formula is C9H11NO4. The molecule has 0 bridgehead atoms. The summed E-state index contributed by atoms with van der Waals surface area (Å²) in [6.45, 7) is 1.73. The molecule has 0 aliphatic heterocycles. The standard InChI is InChI=1S/C9H11NO4/c1-6(11)4-10-9(13)7-2-3-8(12)14-5-7/h2-3,5-6,11H,4H2,1H3,(H,10,13). The van der Waals surface area contributed by atoms with Crippen molar-refractivity contribution in [3.05, 3.63) is 34.4 Å². The number of hydrogen-bond acceptors (Lipinski definition) is 4. The maximum Gasteiger partial charge on any atom is 0.335 e. The third kappa shape index (κ3) is 3.02. The monoisotopic (exact) mass is 197 g/mol. The van der Waals surface area contributed by atoms with Gasteiger partial charge in [-0.05, 0) is 13.0 Å². The largest absolute Gasteiger partial charge is 0.430 e. The molecule has 1 amide bonds. The number of carbonyl (C=O) groups is 1. The SMILES string of the molecule is CC(O)CNC(=O)c1ccc(=O)oc1. The van der Waals surface area contributed by atoms with Crippen LogP contribution in [-0.2, 0) is 0 Å². The van der Waals surface area contributed by atoms with Crippen LogP contribution in [0.1, 0.15) is 17.3 Å². The van der Waals surface area contributed by atoms with E-state index in [9.17, 15) is 9.59 Å². The summed E-state index contributed by atoms with van der Waals surface area (Å²) in [7, 11) is 0. The number of amides is 1. The molecule has 1 heterocycles. The second-order valence-corrected chi connectivity index (χ2v) is 2.90. The summed E-state index contributed by atoms with van der Waals surface area (Å²) in [6, 6.07) is 2.53. The van der Waals surface area contributed by atoms with Crippen LogP contribution in [-0.4, -0.2) is 23.7 Å². The van der Waals surface area contributed by atoms with Crippen molar-refractivity contribution in [3.8, 4) is 0 Å². The highest BCUT2D eigenvalue weighted by atomic mass is 16.4. The van der Waals surface area contributed by atoms with Crippen LogP contribution in [0.25, 0.3) is 0 Å². The predicted octanol–water partition coefficient (Wildman–Crippen LogP) is -0.250. The van der Waals surface area contributed by atoms with Crippen molar-refractivity contribution in [1.82, 2.24) is 5.32 Å². The zero-order valence-electron chi connectivity index (χ0n) is 7.69. The van der Waals surface area contributed by atoms with E-state index < -0.39 is 11.7 Å². The normalized spacial score (nSPS) is 12.1. The number of carbonyl (C=O) groups excluding carboxylic acids is 1. The van der Waals surface area contributed by atoms with Gasteiger partial charge < -0.3 is 14.8 Å². The number of hydrogen-bond donors (Lipinski definition) is 2. The number of aliphatic hydroxyl groups excluding tert-OH is 1. The molecule has 0 aromatic carbocycles. The van der Waals surface area contributed by atoms with E-state index in [0.29, 0.717) is 0 Å². The Labute approximate surface area is 80.4 Å². The van der Waals surface area contributed by atoms with Crippen LogP contribution in [0.4, 0.5) is 0 Å². The molecule has 14 heavy (non-hydrogen) atoms. The molecule has 1 aromatic rings. The molecule has 1 unspecified atom stereocenters. The van der Waals surface area contributed by atoms with Gasteiger partial charge in [0, 0.05) is 12.6 Å². The summed E-state index contributed by atoms with van der Waals surface area (Å²) < 4.78 is 4.51. The highest BCUT2D eigenvalue weighted by Crippen LogP contribution is 1.94. The van der Waals surface area contributed by atoms with Crippen molar-refractivity contribution in [1.29, 1.82) is 0 Å². The van der Waals surface area contributed by atoms with Crippen molar-refractivity contribution < 1.29 is 14.3 Å². The smallest absolute Gasteiger partial charge is 0.335 e. The minimum atomic E-state index is -0.602. The minimum Gasteiger partial charge on any atom is -0.430 e. The fourth-order valence-electron chi connectivity index (χ4n) is 0.830. The van der Waals surface area contributed by atoms with E-state index in [1.807, 2.05) is 0 Å². The molecule has 0 saturated heterocycles. The maximum absolute atomic E-state index is 11.3. The van der Waals surface area contributed by atoms with Crippen molar-refractivity contribution in [3.63, 3.8) is 0 Å². The lowest BCUT2D eigenvalue weighted by Gasteiger charge is -2.05. The number of nitrogens with one attached hydrogen (secondary N) is 1. The summed E-state index contributed by atoms with van der Waals surface area (Å²) in [5.74, 6) is -0.380. The van der Waals surface area contributed by atoms with E-state index in [2.05, 4.69) is 9.73 Å². The Morgan fingerprint density at radius 1 is 1.64 bits per heavy atom. The first kappa shape index (κ1) is 10.5. The zero-order valence-corrected chi connectivity index (χ0v) is 7.69. The van der Waals surface area contributed by atoms with Gasteiger partial charge in [-0.3, -0.25) is 4.79 Å². The first-order chi connectivity index (χ1) is 6.59. The predicted molar refractivity (Wildman–Crippen MR) is 49.0 cm³/mol. The Morgan fingerprint density at radius 2 is 2.36 bits per heavy atom. The molecule has 5 heteroatoms. The first-order valence-corrected chi connectivity index (χ1v) is 4.14. The van der Waals surface area contributed by atoms with E-state index in [0.717, 1.165) is 12.3 Å². The lowest BCUT2D eigenvalue weighted by Crippen LogP contribution is -2.30. The van der Waals surface area contributed by atoms with Gasteiger partial charge in [-0.1, -0.05) is 0 Å². The van der Waals surface area contributed by atoms with Gasteiger partial charge in [0.1, 0.15) is 6.26 Å². The Balaban J connectivity index is 2.61. The van der Waals surface area contributed by atoms with Gasteiger partial charge >= 0.3 is 5.63 Å². The molecule has 0 saturated carbocycles.